The van der Waals surface area contributed by atoms with Gasteiger partial charge >= 0.3 is 11.7 Å². The molecule has 0 aliphatic heterocycles. The van der Waals surface area contributed by atoms with Crippen molar-refractivity contribution in [2.24, 2.45) is 4.99 Å². The number of carbonyl (C=O) groups is 1. The molecule has 2 N–H and O–H groups in total. The van der Waals surface area contributed by atoms with Crippen molar-refractivity contribution in [1.29, 1.82) is 0 Å². The zero-order valence-corrected chi connectivity index (χ0v) is 15.7. The Balaban J connectivity index is 1.97. The highest BCUT2D eigenvalue weighted by atomic mass is 16.5. The monoisotopic (exact) mass is 385 g/mol. The van der Waals surface area contributed by atoms with Crippen LogP contribution in [-0.2, 0) is 4.74 Å². The number of ether oxygens (including phenoxy) is 1. The van der Waals surface area contributed by atoms with Crippen LogP contribution in [0.2, 0.25) is 0 Å². The molecule has 1 saturated carbocycles. The molecule has 0 saturated heterocycles. The highest BCUT2D eigenvalue weighted by Gasteiger charge is 2.21. The first kappa shape index (κ1) is 19.6. The Bertz CT molecular complexity index is 998. The van der Waals surface area contributed by atoms with Crippen LogP contribution in [0, 0.1) is 0 Å². The Kier molecular flexibility index (Phi) is 6.08. The number of aromatic nitrogens is 2. The van der Waals surface area contributed by atoms with Gasteiger partial charge < -0.3 is 9.84 Å². The summed E-state index contributed by atoms with van der Waals surface area (Å²) >= 11 is 0. The van der Waals surface area contributed by atoms with Crippen LogP contribution in [0.5, 0.6) is 5.88 Å². The number of H-pyrrole nitrogens is 1. The molecular formula is C20H23N3O5. The van der Waals surface area contributed by atoms with Crippen molar-refractivity contribution in [3.63, 3.8) is 0 Å². The minimum absolute atomic E-state index is 0.0904. The molecule has 1 aromatic heterocycles. The average molecular weight is 385 g/mol. The van der Waals surface area contributed by atoms with Crippen molar-refractivity contribution in [2.75, 3.05) is 7.11 Å². The number of carbonyl (C=O) groups excluding carboxylic acids is 1. The van der Waals surface area contributed by atoms with Crippen LogP contribution in [0.1, 0.15) is 60.5 Å². The minimum atomic E-state index is -0.708. The maximum atomic E-state index is 12.3. The number of nitrogens with one attached hydrogen (secondary N) is 1. The van der Waals surface area contributed by atoms with Gasteiger partial charge in [-0.15, -0.1) is 0 Å². The van der Waals surface area contributed by atoms with Crippen LogP contribution in [0.15, 0.2) is 38.8 Å². The number of rotatable bonds is 4. The second kappa shape index (κ2) is 8.69. The highest BCUT2D eigenvalue weighted by Crippen LogP contribution is 2.29. The van der Waals surface area contributed by atoms with Gasteiger partial charge in [-0.1, -0.05) is 31.7 Å². The van der Waals surface area contributed by atoms with Gasteiger partial charge in [0.15, 0.2) is 0 Å². The molecule has 0 spiro atoms. The van der Waals surface area contributed by atoms with Gasteiger partial charge in [0.2, 0.25) is 5.88 Å². The Morgan fingerprint density at radius 3 is 2.64 bits per heavy atom. The maximum Gasteiger partial charge on any atom is 0.337 e. The number of hydrogen-bond acceptors (Lipinski definition) is 6. The maximum absolute atomic E-state index is 12.3. The number of benzene rings is 1. The number of esters is 1. The van der Waals surface area contributed by atoms with Crippen LogP contribution in [0.3, 0.4) is 0 Å². The average Bonchev–Trinajstić information content (AvgIpc) is 2.96. The van der Waals surface area contributed by atoms with Crippen molar-refractivity contribution >= 4 is 17.9 Å². The third-order valence-corrected chi connectivity index (χ3v) is 4.95. The lowest BCUT2D eigenvalue weighted by molar-refractivity contribution is 0.0600. The summed E-state index contributed by atoms with van der Waals surface area (Å²) < 4.78 is 5.94. The predicted octanol–water partition coefficient (Wildman–Crippen LogP) is 2.67. The third kappa shape index (κ3) is 4.21. The van der Waals surface area contributed by atoms with E-state index in [1.54, 1.807) is 18.2 Å². The summed E-state index contributed by atoms with van der Waals surface area (Å²) in [6.45, 7) is 0. The SMILES string of the molecule is COC(=O)c1cccc(N=Cc2c(O)n(C3CCCCCC3)c(=O)[nH]c2=O)c1. The summed E-state index contributed by atoms with van der Waals surface area (Å²) in [5, 5.41) is 10.6. The van der Waals surface area contributed by atoms with Gasteiger partial charge in [0.1, 0.15) is 5.56 Å². The topological polar surface area (TPSA) is 114 Å². The van der Waals surface area contributed by atoms with E-state index < -0.39 is 17.2 Å². The first-order valence-corrected chi connectivity index (χ1v) is 9.31. The number of nitrogens with zero attached hydrogens (tertiary/aromatic N) is 2. The van der Waals surface area contributed by atoms with Crippen molar-refractivity contribution in [1.82, 2.24) is 9.55 Å². The molecule has 28 heavy (non-hydrogen) atoms. The van der Waals surface area contributed by atoms with Gasteiger partial charge in [0.05, 0.1) is 18.4 Å². The van der Waals surface area contributed by atoms with Gasteiger partial charge in [0.25, 0.3) is 5.56 Å². The molecule has 1 aliphatic carbocycles. The summed E-state index contributed by atoms with van der Waals surface area (Å²) in [6, 6.07) is 6.22. The molecule has 148 valence electrons. The predicted molar refractivity (Wildman–Crippen MR) is 105 cm³/mol. The fourth-order valence-electron chi connectivity index (χ4n) is 3.49. The lowest BCUT2D eigenvalue weighted by Gasteiger charge is -2.19. The van der Waals surface area contributed by atoms with E-state index in [1.807, 2.05) is 0 Å². The Hall–Kier alpha value is -3.16. The van der Waals surface area contributed by atoms with Crippen molar-refractivity contribution < 1.29 is 14.6 Å². The van der Waals surface area contributed by atoms with E-state index in [4.69, 9.17) is 0 Å². The van der Waals surface area contributed by atoms with Gasteiger partial charge in [-0.05, 0) is 31.0 Å². The molecule has 8 nitrogen and oxygen atoms in total. The van der Waals surface area contributed by atoms with Gasteiger partial charge in [-0.3, -0.25) is 19.3 Å². The fraction of sp³-hybridized carbons (Fsp3) is 0.400. The Morgan fingerprint density at radius 2 is 1.96 bits per heavy atom. The van der Waals surface area contributed by atoms with Gasteiger partial charge in [0, 0.05) is 12.3 Å². The van der Waals surface area contributed by atoms with Crippen molar-refractivity contribution in [2.45, 2.75) is 44.6 Å². The van der Waals surface area contributed by atoms with Gasteiger partial charge in [-0.25, -0.2) is 9.59 Å². The summed E-state index contributed by atoms with van der Waals surface area (Å²) in [5.74, 6) is -0.881. The molecule has 0 radical (unpaired) electrons. The molecular weight excluding hydrogens is 362 g/mol. The summed E-state index contributed by atoms with van der Waals surface area (Å²) in [6.07, 6.45) is 6.89. The van der Waals surface area contributed by atoms with E-state index in [0.29, 0.717) is 11.3 Å². The molecule has 1 fully saturated rings. The Labute approximate surface area is 161 Å². The second-order valence-electron chi connectivity index (χ2n) is 6.81. The zero-order valence-electron chi connectivity index (χ0n) is 15.7. The molecule has 1 aromatic carbocycles. The first-order chi connectivity index (χ1) is 13.5. The minimum Gasteiger partial charge on any atom is -0.494 e. The fourth-order valence-corrected chi connectivity index (χ4v) is 3.49. The molecule has 0 amide bonds. The largest absolute Gasteiger partial charge is 0.494 e. The van der Waals surface area contributed by atoms with E-state index in [-0.39, 0.29) is 17.5 Å². The van der Waals surface area contributed by atoms with Crippen LogP contribution in [-0.4, -0.2) is 34.0 Å². The van der Waals surface area contributed by atoms with Crippen molar-refractivity contribution in [3.05, 3.63) is 56.2 Å². The summed E-state index contributed by atoms with van der Waals surface area (Å²) in [7, 11) is 1.28. The quantitative estimate of drug-likeness (QED) is 0.477. The normalized spacial score (nSPS) is 15.5. The number of aliphatic imine (C=N–C) groups is 1. The molecule has 1 heterocycles. The molecule has 8 heteroatoms. The molecule has 3 rings (SSSR count). The first-order valence-electron chi connectivity index (χ1n) is 9.31. The van der Waals surface area contributed by atoms with Crippen molar-refractivity contribution in [3.8, 4) is 5.88 Å². The summed E-state index contributed by atoms with van der Waals surface area (Å²) in [4.78, 5) is 42.6. The molecule has 2 aromatic rings. The smallest absolute Gasteiger partial charge is 0.337 e. The summed E-state index contributed by atoms with van der Waals surface area (Å²) in [5.41, 5.74) is -0.681. The standard InChI is InChI=1S/C20H23N3O5/c1-28-19(26)13-7-6-8-14(11-13)21-12-16-17(24)22-20(27)23(18(16)25)15-9-4-2-3-5-10-15/h6-8,11-12,15,25H,2-5,9-10H2,1H3,(H,22,24,27). The highest BCUT2D eigenvalue weighted by molar-refractivity contribution is 5.91. The lowest BCUT2D eigenvalue weighted by Crippen LogP contribution is -2.34. The van der Waals surface area contributed by atoms with Crippen LogP contribution >= 0.6 is 0 Å². The molecule has 1 aliphatic rings. The van der Waals surface area contributed by atoms with Gasteiger partial charge in [-0.2, -0.15) is 0 Å². The van der Waals surface area contributed by atoms with E-state index >= 15 is 0 Å². The van der Waals surface area contributed by atoms with Crippen LogP contribution < -0.4 is 11.2 Å². The molecule has 0 unspecified atom stereocenters. The van der Waals surface area contributed by atoms with E-state index in [0.717, 1.165) is 38.5 Å². The molecule has 0 atom stereocenters. The third-order valence-electron chi connectivity index (χ3n) is 4.95. The Morgan fingerprint density at radius 1 is 1.25 bits per heavy atom. The van der Waals surface area contributed by atoms with Crippen LogP contribution in [0.4, 0.5) is 5.69 Å². The number of aromatic hydroxyl groups is 1. The van der Waals surface area contributed by atoms with Crippen LogP contribution in [0.25, 0.3) is 0 Å². The van der Waals surface area contributed by atoms with E-state index in [2.05, 4.69) is 14.7 Å². The van der Waals surface area contributed by atoms with E-state index in [9.17, 15) is 19.5 Å². The molecule has 0 bridgehead atoms. The number of hydrogen-bond donors (Lipinski definition) is 2. The zero-order chi connectivity index (χ0) is 20.1. The number of methoxy groups -OCH3 is 1. The lowest BCUT2D eigenvalue weighted by atomic mass is 10.1. The number of aromatic amines is 1. The van der Waals surface area contributed by atoms with E-state index in [1.165, 1.54) is 24.0 Å². The second-order valence-corrected chi connectivity index (χ2v) is 6.81.